The highest BCUT2D eigenvalue weighted by molar-refractivity contribution is 7.16. The second-order valence-electron chi connectivity index (χ2n) is 8.32. The summed E-state index contributed by atoms with van der Waals surface area (Å²) in [5.41, 5.74) is 2.70. The third-order valence-electron chi connectivity index (χ3n) is 5.40. The number of nitrogens with zero attached hydrogens (tertiary/aromatic N) is 1. The normalized spacial score (nSPS) is 15.6. The van der Waals surface area contributed by atoms with Crippen LogP contribution in [-0.4, -0.2) is 18.9 Å². The fraction of sp³-hybridized carbons (Fsp3) is 0.500. The maximum absolute atomic E-state index is 12.5. The lowest BCUT2D eigenvalue weighted by atomic mass is 9.89. The van der Waals surface area contributed by atoms with Gasteiger partial charge in [-0.15, -0.1) is 11.3 Å². The van der Waals surface area contributed by atoms with Gasteiger partial charge >= 0.3 is 0 Å². The molecule has 1 heterocycles. The molecular formula is C24H30N2O2S. The molecule has 0 aliphatic heterocycles. The molecule has 0 spiro atoms. The van der Waals surface area contributed by atoms with Gasteiger partial charge in [-0.1, -0.05) is 20.8 Å². The first-order valence-corrected chi connectivity index (χ1v) is 11.3. The zero-order valence-electron chi connectivity index (χ0n) is 17.6. The molecule has 2 aromatic rings. The molecule has 0 bridgehead atoms. The molecule has 1 aromatic carbocycles. The molecule has 1 atom stereocenters. The van der Waals surface area contributed by atoms with Crippen LogP contribution in [0.2, 0.25) is 0 Å². The third kappa shape index (κ3) is 5.61. The van der Waals surface area contributed by atoms with E-state index in [0.29, 0.717) is 37.0 Å². The standard InChI is InChI=1S/C24H30N2O2S/c1-16(2)11-13-28-19-7-5-18(6-8-19)22(27)10-12-26-24-21(15-25)20-9-4-17(3)14-23(20)29-24/h5-8,16-17,26H,4,9-14H2,1-3H3. The lowest BCUT2D eigenvalue weighted by Crippen LogP contribution is -2.10. The molecule has 0 amide bonds. The summed E-state index contributed by atoms with van der Waals surface area (Å²) < 4.78 is 5.71. The van der Waals surface area contributed by atoms with E-state index in [2.05, 4.69) is 32.2 Å². The van der Waals surface area contributed by atoms with Crippen LogP contribution in [0.3, 0.4) is 0 Å². The molecule has 1 aliphatic rings. The monoisotopic (exact) mass is 410 g/mol. The molecule has 0 fully saturated rings. The van der Waals surface area contributed by atoms with Gasteiger partial charge in [0.2, 0.25) is 0 Å². The van der Waals surface area contributed by atoms with Gasteiger partial charge in [0.05, 0.1) is 12.2 Å². The number of nitriles is 1. The highest BCUT2D eigenvalue weighted by Gasteiger charge is 2.23. The van der Waals surface area contributed by atoms with Crippen molar-refractivity contribution in [1.82, 2.24) is 0 Å². The van der Waals surface area contributed by atoms with Crippen LogP contribution in [0, 0.1) is 23.2 Å². The van der Waals surface area contributed by atoms with Gasteiger partial charge < -0.3 is 10.1 Å². The lowest BCUT2D eigenvalue weighted by Gasteiger charge is -2.17. The molecule has 1 aliphatic carbocycles. The van der Waals surface area contributed by atoms with Gasteiger partial charge in [0.15, 0.2) is 5.78 Å². The van der Waals surface area contributed by atoms with Gasteiger partial charge in [-0.3, -0.25) is 4.79 Å². The van der Waals surface area contributed by atoms with E-state index in [0.717, 1.165) is 42.0 Å². The van der Waals surface area contributed by atoms with Crippen LogP contribution in [0.4, 0.5) is 5.00 Å². The second-order valence-corrected chi connectivity index (χ2v) is 9.43. The number of rotatable bonds is 9. The Hall–Kier alpha value is -2.32. The van der Waals surface area contributed by atoms with Crippen molar-refractivity contribution in [2.45, 2.75) is 52.9 Å². The minimum Gasteiger partial charge on any atom is -0.494 e. The van der Waals surface area contributed by atoms with E-state index in [1.54, 1.807) is 11.3 Å². The number of anilines is 1. The Morgan fingerprint density at radius 1 is 1.34 bits per heavy atom. The van der Waals surface area contributed by atoms with Gasteiger partial charge in [0, 0.05) is 23.4 Å². The van der Waals surface area contributed by atoms with Gasteiger partial charge in [-0.2, -0.15) is 5.26 Å². The molecule has 1 aromatic heterocycles. The summed E-state index contributed by atoms with van der Waals surface area (Å²) in [6, 6.07) is 9.76. The Labute approximate surface area is 177 Å². The molecule has 1 N–H and O–H groups in total. The summed E-state index contributed by atoms with van der Waals surface area (Å²) in [6.07, 6.45) is 4.61. The molecule has 29 heavy (non-hydrogen) atoms. The quantitative estimate of drug-likeness (QED) is 0.526. The average molecular weight is 411 g/mol. The fourth-order valence-electron chi connectivity index (χ4n) is 3.58. The Morgan fingerprint density at radius 3 is 2.79 bits per heavy atom. The van der Waals surface area contributed by atoms with E-state index in [9.17, 15) is 10.1 Å². The molecule has 0 saturated carbocycles. The van der Waals surface area contributed by atoms with E-state index in [1.807, 2.05) is 24.3 Å². The molecular weight excluding hydrogens is 380 g/mol. The first-order chi connectivity index (χ1) is 14.0. The molecule has 154 valence electrons. The summed E-state index contributed by atoms with van der Waals surface area (Å²) in [6.45, 7) is 7.84. The van der Waals surface area contributed by atoms with Crippen LogP contribution in [0.15, 0.2) is 24.3 Å². The first-order valence-electron chi connectivity index (χ1n) is 10.5. The highest BCUT2D eigenvalue weighted by Crippen LogP contribution is 2.39. The minimum atomic E-state index is 0.0969. The van der Waals surface area contributed by atoms with Crippen molar-refractivity contribution >= 4 is 22.1 Å². The molecule has 0 radical (unpaired) electrons. The van der Waals surface area contributed by atoms with Gasteiger partial charge in [-0.25, -0.2) is 0 Å². The van der Waals surface area contributed by atoms with Crippen LogP contribution >= 0.6 is 11.3 Å². The van der Waals surface area contributed by atoms with Crippen molar-refractivity contribution in [3.8, 4) is 11.8 Å². The molecule has 1 unspecified atom stereocenters. The van der Waals surface area contributed by atoms with Crippen molar-refractivity contribution in [1.29, 1.82) is 5.26 Å². The molecule has 3 rings (SSSR count). The van der Waals surface area contributed by atoms with Gasteiger partial charge in [-0.05, 0) is 67.3 Å². The predicted octanol–water partition coefficient (Wildman–Crippen LogP) is 5.85. The van der Waals surface area contributed by atoms with Gasteiger partial charge in [0.25, 0.3) is 0 Å². The Bertz CT molecular complexity index is 878. The molecule has 0 saturated heterocycles. The van der Waals surface area contributed by atoms with Crippen LogP contribution in [0.25, 0.3) is 0 Å². The van der Waals surface area contributed by atoms with Crippen LogP contribution < -0.4 is 10.1 Å². The van der Waals surface area contributed by atoms with E-state index in [4.69, 9.17) is 4.74 Å². The number of carbonyl (C=O) groups excluding carboxylic acids is 1. The van der Waals surface area contributed by atoms with Crippen molar-refractivity contribution in [2.24, 2.45) is 11.8 Å². The summed E-state index contributed by atoms with van der Waals surface area (Å²) in [5.74, 6) is 2.19. The van der Waals surface area contributed by atoms with Crippen molar-refractivity contribution in [3.63, 3.8) is 0 Å². The smallest absolute Gasteiger partial charge is 0.164 e. The largest absolute Gasteiger partial charge is 0.494 e. The average Bonchev–Trinajstić information content (AvgIpc) is 3.04. The van der Waals surface area contributed by atoms with E-state index < -0.39 is 0 Å². The fourth-order valence-corrected chi connectivity index (χ4v) is 4.96. The maximum atomic E-state index is 12.5. The predicted molar refractivity (Wildman–Crippen MR) is 119 cm³/mol. The van der Waals surface area contributed by atoms with E-state index in [1.165, 1.54) is 10.4 Å². The molecule has 5 heteroatoms. The summed E-state index contributed by atoms with van der Waals surface area (Å²) in [4.78, 5) is 13.8. The molecule has 4 nitrogen and oxygen atoms in total. The van der Waals surface area contributed by atoms with Crippen LogP contribution in [0.5, 0.6) is 5.75 Å². The number of nitrogens with one attached hydrogen (secondary N) is 1. The minimum absolute atomic E-state index is 0.0969. The van der Waals surface area contributed by atoms with E-state index >= 15 is 0 Å². The number of hydrogen-bond donors (Lipinski definition) is 1. The Kier molecular flexibility index (Phi) is 7.33. The van der Waals surface area contributed by atoms with Crippen molar-refractivity contribution < 1.29 is 9.53 Å². The SMILES string of the molecule is CC(C)CCOc1ccc(C(=O)CCNc2sc3c(c2C#N)CCC(C)C3)cc1. The van der Waals surface area contributed by atoms with Crippen molar-refractivity contribution in [2.75, 3.05) is 18.5 Å². The number of ether oxygens (including phenoxy) is 1. The second kappa shape index (κ2) is 9.93. The van der Waals surface area contributed by atoms with Crippen LogP contribution in [-0.2, 0) is 12.8 Å². The number of ketones is 1. The number of hydrogen-bond acceptors (Lipinski definition) is 5. The summed E-state index contributed by atoms with van der Waals surface area (Å²) in [7, 11) is 0. The maximum Gasteiger partial charge on any atom is 0.164 e. The zero-order valence-corrected chi connectivity index (χ0v) is 18.4. The summed E-state index contributed by atoms with van der Waals surface area (Å²) >= 11 is 1.69. The first kappa shape index (κ1) is 21.4. The highest BCUT2D eigenvalue weighted by atomic mass is 32.1. The van der Waals surface area contributed by atoms with Crippen molar-refractivity contribution in [3.05, 3.63) is 45.8 Å². The van der Waals surface area contributed by atoms with E-state index in [-0.39, 0.29) is 5.78 Å². The number of Topliss-reactive ketones (excluding diaryl/α,β-unsaturated/α-hetero) is 1. The summed E-state index contributed by atoms with van der Waals surface area (Å²) in [5, 5.41) is 13.8. The Morgan fingerprint density at radius 2 is 2.10 bits per heavy atom. The lowest BCUT2D eigenvalue weighted by molar-refractivity contribution is 0.0986. The number of benzene rings is 1. The third-order valence-corrected chi connectivity index (χ3v) is 6.61. The number of thiophene rings is 1. The number of fused-ring (bicyclic) bond motifs is 1. The van der Waals surface area contributed by atoms with Gasteiger partial charge in [0.1, 0.15) is 16.8 Å². The zero-order chi connectivity index (χ0) is 20.8. The topological polar surface area (TPSA) is 62.1 Å². The Balaban J connectivity index is 1.52. The van der Waals surface area contributed by atoms with Crippen LogP contribution in [0.1, 0.15) is 66.4 Å². The number of carbonyl (C=O) groups is 1.